The van der Waals surface area contributed by atoms with Gasteiger partial charge in [-0.15, -0.1) is 0 Å². The minimum atomic E-state index is -0.321. The number of fused-ring (bicyclic) bond motifs is 6. The minimum absolute atomic E-state index is 0.321. The lowest BCUT2D eigenvalue weighted by Gasteiger charge is -2.34. The van der Waals surface area contributed by atoms with Gasteiger partial charge in [-0.2, -0.15) is 0 Å². The summed E-state index contributed by atoms with van der Waals surface area (Å²) in [6, 6.07) is 97.0. The van der Waals surface area contributed by atoms with Crippen LogP contribution in [-0.4, -0.2) is 24.4 Å². The van der Waals surface area contributed by atoms with Gasteiger partial charge in [0.1, 0.15) is 17.2 Å². The molecule has 0 spiro atoms. The molecule has 1 aliphatic carbocycles. The van der Waals surface area contributed by atoms with Crippen LogP contribution in [0.1, 0.15) is 85.6 Å². The third kappa shape index (κ3) is 12.1. The first kappa shape index (κ1) is 57.0. The molecule has 0 aliphatic heterocycles. The van der Waals surface area contributed by atoms with Crippen molar-refractivity contribution in [1.29, 1.82) is 0 Å². The summed E-state index contributed by atoms with van der Waals surface area (Å²) in [7, 11) is 0. The molecule has 1 aromatic heterocycles. The van der Waals surface area contributed by atoms with Crippen molar-refractivity contribution in [2.75, 3.05) is 24.7 Å². The van der Waals surface area contributed by atoms with Gasteiger partial charge in [-0.05, 0) is 209 Å². The number of aromatic nitrogens is 1. The second kappa shape index (κ2) is 26.7. The molecule has 0 bridgehead atoms. The Bertz CT molecular complexity index is 4310. The molecule has 1 aliphatic rings. The van der Waals surface area contributed by atoms with Crippen LogP contribution >= 0.6 is 0 Å². The zero-order valence-corrected chi connectivity index (χ0v) is 50.1. The normalized spacial score (nSPS) is 13.2. The highest BCUT2D eigenvalue weighted by Crippen LogP contribution is 2.56. The Balaban J connectivity index is 0.763. The fourth-order valence-corrected chi connectivity index (χ4v) is 13.1. The van der Waals surface area contributed by atoms with E-state index in [-0.39, 0.29) is 5.41 Å². The molecule has 0 amide bonds. The Kier molecular flexibility index (Phi) is 17.3. The van der Waals surface area contributed by atoms with Gasteiger partial charge in [-0.3, -0.25) is 0 Å². The van der Waals surface area contributed by atoms with Crippen LogP contribution in [0.5, 0.6) is 17.2 Å². The van der Waals surface area contributed by atoms with Gasteiger partial charge >= 0.3 is 0 Å². The van der Waals surface area contributed by atoms with Crippen molar-refractivity contribution in [2.24, 2.45) is 0 Å². The first-order valence-electron chi connectivity index (χ1n) is 31.4. The van der Waals surface area contributed by atoms with E-state index < -0.39 is 0 Å². The highest BCUT2D eigenvalue weighted by atomic mass is 16.5. The molecule has 0 saturated carbocycles. The summed E-state index contributed by atoms with van der Waals surface area (Å²) in [5.41, 5.74) is 20.1. The van der Waals surface area contributed by atoms with Gasteiger partial charge in [0.2, 0.25) is 0 Å². The number of hydrogen-bond acceptors (Lipinski definition) is 4. The molecule has 0 radical (unpaired) electrons. The topological polar surface area (TPSA) is 35.9 Å². The van der Waals surface area contributed by atoms with E-state index >= 15 is 0 Å². The molecule has 5 nitrogen and oxygen atoms in total. The van der Waals surface area contributed by atoms with E-state index in [1.54, 1.807) is 0 Å². The number of unbranched alkanes of at least 4 members (excludes halogenated alkanes) is 6. The zero-order valence-electron chi connectivity index (χ0n) is 50.1. The smallest absolute Gasteiger partial charge is 0.119 e. The van der Waals surface area contributed by atoms with Crippen molar-refractivity contribution in [3.05, 3.63) is 308 Å². The molecule has 0 saturated heterocycles. The lowest BCUT2D eigenvalue weighted by molar-refractivity contribution is 0.287. The fraction of sp³-hybridized carbons (Fsp3) is 0.157. The molecule has 11 aromatic carbocycles. The van der Waals surface area contributed by atoms with Crippen molar-refractivity contribution in [1.82, 2.24) is 4.57 Å². The van der Waals surface area contributed by atoms with Crippen molar-refractivity contribution in [3.8, 4) is 56.3 Å². The molecule has 0 fully saturated rings. The molecule has 5 heteroatoms. The van der Waals surface area contributed by atoms with Gasteiger partial charge in [-0.1, -0.05) is 202 Å². The van der Waals surface area contributed by atoms with Crippen molar-refractivity contribution in [3.63, 3.8) is 0 Å². The standard InChI is InChI=1S/C83H74N2O3/c1-3-61-32-45-72(46-33-61)86-55-21-6-5-20-54-83(67-26-14-10-15-27-67)79-31-19-18-30-75(79)76-51-44-71(60-80(76)83)84(68-28-16-11-17-29-68)69-40-36-64(37-41-69)66-39-53-82-78(59-66)77-58-65(63-24-12-9-13-25-63)38-52-81(77)85(82)70-42-49-74(50-43-70)88-57-23-8-7-22-56-87-73-47-34-62(4-2)35-48-73/h3-4,9-19,24-53,58-60H,1-2,5-8,20-23,54-57H2. The van der Waals surface area contributed by atoms with Gasteiger partial charge in [0.15, 0.2) is 0 Å². The summed E-state index contributed by atoms with van der Waals surface area (Å²) in [5.74, 6) is 2.70. The predicted molar refractivity (Wildman–Crippen MR) is 369 cm³/mol. The summed E-state index contributed by atoms with van der Waals surface area (Å²) in [4.78, 5) is 2.43. The summed E-state index contributed by atoms with van der Waals surface area (Å²) in [6.45, 7) is 9.82. The zero-order chi connectivity index (χ0) is 59.5. The van der Waals surface area contributed by atoms with E-state index in [2.05, 4.69) is 253 Å². The molecule has 1 heterocycles. The van der Waals surface area contributed by atoms with E-state index in [1.165, 1.54) is 55.3 Å². The maximum atomic E-state index is 6.29. The number of hydrogen-bond donors (Lipinski definition) is 0. The van der Waals surface area contributed by atoms with E-state index in [9.17, 15) is 0 Å². The molecule has 12 aromatic rings. The third-order valence-corrected chi connectivity index (χ3v) is 17.6. The number of para-hydroxylation sites is 1. The van der Waals surface area contributed by atoms with E-state index in [1.807, 2.05) is 48.6 Å². The Morgan fingerprint density at radius 3 is 1.35 bits per heavy atom. The maximum absolute atomic E-state index is 6.29. The Morgan fingerprint density at radius 2 is 0.795 bits per heavy atom. The summed E-state index contributed by atoms with van der Waals surface area (Å²) < 4.78 is 20.8. The molecule has 88 heavy (non-hydrogen) atoms. The maximum Gasteiger partial charge on any atom is 0.119 e. The summed E-state index contributed by atoms with van der Waals surface area (Å²) in [6.07, 6.45) is 13.2. The number of rotatable bonds is 26. The number of nitrogens with zero attached hydrogens (tertiary/aromatic N) is 2. The van der Waals surface area contributed by atoms with Crippen molar-refractivity contribution in [2.45, 2.75) is 63.2 Å². The van der Waals surface area contributed by atoms with E-state index in [0.717, 1.165) is 126 Å². The van der Waals surface area contributed by atoms with Gasteiger partial charge in [0.25, 0.3) is 0 Å². The van der Waals surface area contributed by atoms with Gasteiger partial charge in [-0.25, -0.2) is 0 Å². The van der Waals surface area contributed by atoms with Gasteiger partial charge < -0.3 is 23.7 Å². The van der Waals surface area contributed by atoms with Crippen molar-refractivity contribution < 1.29 is 14.2 Å². The molecule has 434 valence electrons. The van der Waals surface area contributed by atoms with E-state index in [4.69, 9.17) is 14.2 Å². The summed E-state index contributed by atoms with van der Waals surface area (Å²) >= 11 is 0. The Hall–Kier alpha value is -10.1. The second-order valence-electron chi connectivity index (χ2n) is 23.1. The van der Waals surface area contributed by atoms with Crippen LogP contribution in [0.15, 0.2) is 280 Å². The Labute approximate surface area is 519 Å². The number of anilines is 3. The van der Waals surface area contributed by atoms with Gasteiger partial charge in [0, 0.05) is 38.9 Å². The molecule has 1 atom stereocenters. The fourth-order valence-electron chi connectivity index (χ4n) is 13.1. The highest BCUT2D eigenvalue weighted by Gasteiger charge is 2.44. The molecule has 0 N–H and O–H groups in total. The predicted octanol–water partition coefficient (Wildman–Crippen LogP) is 22.2. The average Bonchev–Trinajstić information content (AvgIpc) is 1.86. The van der Waals surface area contributed by atoms with Crippen LogP contribution in [0, 0.1) is 0 Å². The van der Waals surface area contributed by atoms with Crippen molar-refractivity contribution >= 4 is 51.0 Å². The molecule has 13 rings (SSSR count). The SMILES string of the molecule is C=Cc1ccc(OCCCCCCOc2ccc(-n3c4ccc(-c5ccccc5)cc4c4cc(-c5ccc(N(c6ccccc6)c6ccc7c(c6)C(CCCCCCOc6ccc(C=C)cc6)(c6ccccc6)c6ccccc6-7)cc5)ccc43)cc2)cc1. The second-order valence-corrected chi connectivity index (χ2v) is 23.1. The number of benzene rings is 11. The largest absolute Gasteiger partial charge is 0.494 e. The molecular formula is C83H74N2O3. The highest BCUT2D eigenvalue weighted by molar-refractivity contribution is 6.11. The summed E-state index contributed by atoms with van der Waals surface area (Å²) in [5, 5.41) is 2.42. The average molecular weight is 1150 g/mol. The van der Waals surface area contributed by atoms with Crippen LogP contribution in [-0.2, 0) is 5.41 Å². The van der Waals surface area contributed by atoms with Gasteiger partial charge in [0.05, 0.1) is 30.9 Å². The first-order chi connectivity index (χ1) is 43.5. The monoisotopic (exact) mass is 1150 g/mol. The molecular weight excluding hydrogens is 1070 g/mol. The lowest BCUT2D eigenvalue weighted by atomic mass is 9.69. The third-order valence-electron chi connectivity index (χ3n) is 17.6. The van der Waals surface area contributed by atoms with Crippen LogP contribution in [0.2, 0.25) is 0 Å². The van der Waals surface area contributed by atoms with Crippen LogP contribution in [0.4, 0.5) is 17.1 Å². The minimum Gasteiger partial charge on any atom is -0.494 e. The van der Waals surface area contributed by atoms with E-state index in [0.29, 0.717) is 19.8 Å². The quantitative estimate of drug-likeness (QED) is 0.0506. The van der Waals surface area contributed by atoms with Crippen LogP contribution in [0.3, 0.4) is 0 Å². The Morgan fingerprint density at radius 1 is 0.352 bits per heavy atom. The van der Waals surface area contributed by atoms with Crippen LogP contribution < -0.4 is 19.1 Å². The van der Waals surface area contributed by atoms with Crippen LogP contribution in [0.25, 0.3) is 73.0 Å². The lowest BCUT2D eigenvalue weighted by Crippen LogP contribution is -2.27. The first-order valence-corrected chi connectivity index (χ1v) is 31.4. The molecule has 1 unspecified atom stereocenters. The number of ether oxygens (including phenoxy) is 3.